The average Bonchev–Trinajstić information content (AvgIpc) is 1.96. The second-order valence-electron chi connectivity index (χ2n) is 3.83. The summed E-state index contributed by atoms with van der Waals surface area (Å²) in [5.41, 5.74) is 0.0694. The number of rotatable bonds is 2. The minimum absolute atomic E-state index is 0.0694. The fourth-order valence-corrected chi connectivity index (χ4v) is 1.86. The molecule has 0 aromatic heterocycles. The van der Waals surface area contributed by atoms with Crippen LogP contribution in [0.25, 0.3) is 0 Å². The van der Waals surface area contributed by atoms with Crippen LogP contribution in [-0.2, 0) is 4.79 Å². The first-order valence-corrected chi connectivity index (χ1v) is 4.40. The van der Waals surface area contributed by atoms with Crippen molar-refractivity contribution in [3.8, 4) is 0 Å². The Bertz CT molecular complexity index is 146. The molecule has 11 heavy (non-hydrogen) atoms. The van der Waals surface area contributed by atoms with Gasteiger partial charge in [0.05, 0.1) is 0 Å². The molecule has 0 spiro atoms. The predicted octanol–water partition coefficient (Wildman–Crippen LogP) is 1.70. The second kappa shape index (κ2) is 3.24. The van der Waals surface area contributed by atoms with Gasteiger partial charge < -0.3 is 5.32 Å². The first-order valence-electron chi connectivity index (χ1n) is 4.40. The zero-order valence-corrected chi connectivity index (χ0v) is 7.39. The molecule has 2 unspecified atom stereocenters. The maximum atomic E-state index is 10.3. The quantitative estimate of drug-likeness (QED) is 0.604. The maximum absolute atomic E-state index is 10.3. The van der Waals surface area contributed by atoms with E-state index in [0.29, 0.717) is 5.92 Å². The first kappa shape index (κ1) is 8.57. The van der Waals surface area contributed by atoms with Gasteiger partial charge >= 0.3 is 0 Å². The van der Waals surface area contributed by atoms with Gasteiger partial charge in [-0.1, -0.05) is 19.8 Å². The Balaban J connectivity index is 2.56. The van der Waals surface area contributed by atoms with Crippen molar-refractivity contribution in [2.75, 3.05) is 0 Å². The predicted molar refractivity (Wildman–Crippen MR) is 45.2 cm³/mol. The van der Waals surface area contributed by atoms with Crippen molar-refractivity contribution in [3.05, 3.63) is 0 Å². The molecule has 2 heteroatoms. The molecule has 64 valence electrons. The first-order chi connectivity index (χ1) is 5.19. The van der Waals surface area contributed by atoms with E-state index >= 15 is 0 Å². The van der Waals surface area contributed by atoms with E-state index in [9.17, 15) is 4.79 Å². The molecule has 1 fully saturated rings. The highest BCUT2D eigenvalue weighted by atomic mass is 16.1. The van der Waals surface area contributed by atoms with Crippen molar-refractivity contribution in [1.29, 1.82) is 0 Å². The lowest BCUT2D eigenvalue weighted by Gasteiger charge is -2.39. The fourth-order valence-electron chi connectivity index (χ4n) is 1.86. The summed E-state index contributed by atoms with van der Waals surface area (Å²) in [6.07, 6.45) is 5.78. The smallest absolute Gasteiger partial charge is 0.207 e. The molecule has 0 bridgehead atoms. The van der Waals surface area contributed by atoms with Crippen LogP contribution in [0.15, 0.2) is 0 Å². The molecule has 1 amide bonds. The van der Waals surface area contributed by atoms with Crippen LogP contribution >= 0.6 is 0 Å². The van der Waals surface area contributed by atoms with Crippen LogP contribution in [-0.4, -0.2) is 11.9 Å². The Morgan fingerprint density at radius 3 is 2.82 bits per heavy atom. The SMILES string of the molecule is CC1CCCCC1(C)NC=O. The Kier molecular flexibility index (Phi) is 2.53. The van der Waals surface area contributed by atoms with Gasteiger partial charge in [0.15, 0.2) is 0 Å². The highest BCUT2D eigenvalue weighted by molar-refractivity contribution is 5.48. The number of hydrogen-bond donors (Lipinski definition) is 1. The fraction of sp³-hybridized carbons (Fsp3) is 0.889. The Hall–Kier alpha value is -0.530. The van der Waals surface area contributed by atoms with Crippen LogP contribution in [0.1, 0.15) is 39.5 Å². The van der Waals surface area contributed by atoms with Gasteiger partial charge in [-0.2, -0.15) is 0 Å². The van der Waals surface area contributed by atoms with Crippen LogP contribution in [0, 0.1) is 5.92 Å². The van der Waals surface area contributed by atoms with Crippen molar-refractivity contribution in [3.63, 3.8) is 0 Å². The Labute approximate surface area is 68.4 Å². The van der Waals surface area contributed by atoms with Gasteiger partial charge in [0, 0.05) is 5.54 Å². The highest BCUT2D eigenvalue weighted by Crippen LogP contribution is 2.32. The molecule has 0 aromatic rings. The van der Waals surface area contributed by atoms with Crippen molar-refractivity contribution in [2.24, 2.45) is 5.92 Å². The highest BCUT2D eigenvalue weighted by Gasteiger charge is 2.32. The molecule has 2 atom stereocenters. The molecule has 1 aliphatic carbocycles. The van der Waals surface area contributed by atoms with E-state index in [2.05, 4.69) is 19.2 Å². The summed E-state index contributed by atoms with van der Waals surface area (Å²) in [5.74, 6) is 0.626. The largest absolute Gasteiger partial charge is 0.353 e. The number of nitrogens with one attached hydrogen (secondary N) is 1. The summed E-state index contributed by atoms with van der Waals surface area (Å²) in [4.78, 5) is 10.3. The van der Waals surface area contributed by atoms with Crippen molar-refractivity contribution in [1.82, 2.24) is 5.32 Å². The van der Waals surface area contributed by atoms with E-state index in [1.807, 2.05) is 0 Å². The molecule has 0 radical (unpaired) electrons. The van der Waals surface area contributed by atoms with E-state index in [4.69, 9.17) is 0 Å². The summed E-state index contributed by atoms with van der Waals surface area (Å²) in [6.45, 7) is 4.36. The molecule has 2 nitrogen and oxygen atoms in total. The third kappa shape index (κ3) is 1.73. The van der Waals surface area contributed by atoms with Gasteiger partial charge in [0.25, 0.3) is 0 Å². The number of carbonyl (C=O) groups excluding carboxylic acids is 1. The normalized spacial score (nSPS) is 38.2. The zero-order chi connectivity index (χ0) is 8.32. The number of hydrogen-bond acceptors (Lipinski definition) is 1. The molecular formula is C9H17NO. The van der Waals surface area contributed by atoms with Crippen molar-refractivity contribution >= 4 is 6.41 Å². The van der Waals surface area contributed by atoms with Crippen LogP contribution in [0.5, 0.6) is 0 Å². The van der Waals surface area contributed by atoms with E-state index in [1.165, 1.54) is 19.3 Å². The molecule has 1 N–H and O–H groups in total. The van der Waals surface area contributed by atoms with Gasteiger partial charge in [-0.05, 0) is 25.7 Å². The third-order valence-electron chi connectivity index (χ3n) is 3.06. The lowest BCUT2D eigenvalue weighted by Crippen LogP contribution is -2.48. The molecule has 1 aliphatic rings. The standard InChI is InChI=1S/C9H17NO/c1-8-5-3-4-6-9(8,2)10-7-11/h7-8H,3-6H2,1-2H3,(H,10,11). The van der Waals surface area contributed by atoms with E-state index in [-0.39, 0.29) is 5.54 Å². The average molecular weight is 155 g/mol. The van der Waals surface area contributed by atoms with Crippen LogP contribution in [0.3, 0.4) is 0 Å². The van der Waals surface area contributed by atoms with E-state index in [0.717, 1.165) is 12.8 Å². The van der Waals surface area contributed by atoms with Crippen molar-refractivity contribution < 1.29 is 4.79 Å². The topological polar surface area (TPSA) is 29.1 Å². The summed E-state index contributed by atoms with van der Waals surface area (Å²) in [7, 11) is 0. The van der Waals surface area contributed by atoms with E-state index in [1.54, 1.807) is 0 Å². The Morgan fingerprint density at radius 2 is 2.27 bits per heavy atom. The van der Waals surface area contributed by atoms with Crippen LogP contribution in [0.2, 0.25) is 0 Å². The lowest BCUT2D eigenvalue weighted by molar-refractivity contribution is -0.112. The van der Waals surface area contributed by atoms with Gasteiger partial charge in [0.2, 0.25) is 6.41 Å². The summed E-state index contributed by atoms with van der Waals surface area (Å²) < 4.78 is 0. The summed E-state index contributed by atoms with van der Waals surface area (Å²) in [5, 5.41) is 2.93. The van der Waals surface area contributed by atoms with Crippen LogP contribution < -0.4 is 5.32 Å². The number of amides is 1. The molecule has 0 aliphatic heterocycles. The molecular weight excluding hydrogens is 138 g/mol. The minimum atomic E-state index is 0.0694. The zero-order valence-electron chi connectivity index (χ0n) is 7.39. The molecule has 1 rings (SSSR count). The number of carbonyl (C=O) groups is 1. The molecule has 0 heterocycles. The van der Waals surface area contributed by atoms with Gasteiger partial charge in [-0.15, -0.1) is 0 Å². The van der Waals surface area contributed by atoms with Gasteiger partial charge in [-0.3, -0.25) is 4.79 Å². The summed E-state index contributed by atoms with van der Waals surface area (Å²) in [6, 6.07) is 0. The Morgan fingerprint density at radius 1 is 1.55 bits per heavy atom. The van der Waals surface area contributed by atoms with Crippen LogP contribution in [0.4, 0.5) is 0 Å². The van der Waals surface area contributed by atoms with E-state index < -0.39 is 0 Å². The monoisotopic (exact) mass is 155 g/mol. The molecule has 1 saturated carbocycles. The third-order valence-corrected chi connectivity index (χ3v) is 3.06. The van der Waals surface area contributed by atoms with Gasteiger partial charge in [-0.25, -0.2) is 0 Å². The molecule has 0 saturated heterocycles. The van der Waals surface area contributed by atoms with Gasteiger partial charge in [0.1, 0.15) is 0 Å². The van der Waals surface area contributed by atoms with Crippen molar-refractivity contribution in [2.45, 2.75) is 45.1 Å². The summed E-state index contributed by atoms with van der Waals surface area (Å²) >= 11 is 0. The second-order valence-corrected chi connectivity index (χ2v) is 3.83. The lowest BCUT2D eigenvalue weighted by atomic mass is 9.75. The molecule has 0 aromatic carbocycles. The minimum Gasteiger partial charge on any atom is -0.353 e. The maximum Gasteiger partial charge on any atom is 0.207 e.